The summed E-state index contributed by atoms with van der Waals surface area (Å²) < 4.78 is 0. The van der Waals surface area contributed by atoms with Gasteiger partial charge >= 0.3 is 0 Å². The average Bonchev–Trinajstić information content (AvgIpc) is 2.48. The molecule has 0 aliphatic carbocycles. The Morgan fingerprint density at radius 2 is 1.43 bits per heavy atom. The second-order valence-electron chi connectivity index (χ2n) is 5.14. The molecule has 0 radical (unpaired) electrons. The van der Waals surface area contributed by atoms with Gasteiger partial charge in [-0.2, -0.15) is 0 Å². The average molecular weight is 273 g/mol. The summed E-state index contributed by atoms with van der Waals surface area (Å²) >= 11 is 0. The van der Waals surface area contributed by atoms with Gasteiger partial charge in [-0.05, 0) is 50.8 Å². The SMILES string of the molecule is Cc1cccc(C#CC(C#Cc2ccccc2)N(C)C)c1. The van der Waals surface area contributed by atoms with E-state index in [0.29, 0.717) is 0 Å². The van der Waals surface area contributed by atoms with E-state index in [1.807, 2.05) is 61.5 Å². The Bertz CT molecular complexity index is 706. The van der Waals surface area contributed by atoms with Gasteiger partial charge in [0.1, 0.15) is 6.04 Å². The standard InChI is InChI=1S/C20H19N/c1-17-8-7-11-19(16-17)13-15-20(21(2)3)14-12-18-9-5-4-6-10-18/h4-11,16,20H,1-3H3. The maximum Gasteiger partial charge on any atom is 0.134 e. The zero-order chi connectivity index (χ0) is 15.1. The van der Waals surface area contributed by atoms with Gasteiger partial charge in [-0.15, -0.1) is 0 Å². The molecule has 0 saturated carbocycles. The molecule has 2 rings (SSSR count). The summed E-state index contributed by atoms with van der Waals surface area (Å²) in [5, 5.41) is 0. The summed E-state index contributed by atoms with van der Waals surface area (Å²) in [6.45, 7) is 2.07. The molecule has 0 aromatic heterocycles. The summed E-state index contributed by atoms with van der Waals surface area (Å²) in [6, 6.07) is 18.1. The summed E-state index contributed by atoms with van der Waals surface area (Å²) in [5.41, 5.74) is 3.27. The van der Waals surface area contributed by atoms with Gasteiger partial charge in [0, 0.05) is 11.1 Å². The monoisotopic (exact) mass is 273 g/mol. The van der Waals surface area contributed by atoms with E-state index in [0.717, 1.165) is 11.1 Å². The number of aryl methyl sites for hydroxylation is 1. The minimum atomic E-state index is -0.0780. The molecule has 2 aromatic rings. The van der Waals surface area contributed by atoms with E-state index in [2.05, 4.69) is 42.7 Å². The minimum absolute atomic E-state index is 0.0780. The highest BCUT2D eigenvalue weighted by Gasteiger charge is 2.02. The first kappa shape index (κ1) is 14.9. The lowest BCUT2D eigenvalue weighted by atomic mass is 10.1. The number of nitrogens with zero attached hydrogens (tertiary/aromatic N) is 1. The maximum absolute atomic E-state index is 3.24. The Kier molecular flexibility index (Phi) is 5.22. The van der Waals surface area contributed by atoms with Crippen LogP contribution in [-0.2, 0) is 0 Å². The molecule has 21 heavy (non-hydrogen) atoms. The van der Waals surface area contributed by atoms with Gasteiger partial charge in [-0.1, -0.05) is 54.0 Å². The number of hydrogen-bond acceptors (Lipinski definition) is 1. The fourth-order valence-electron chi connectivity index (χ4n) is 1.84. The van der Waals surface area contributed by atoms with Crippen molar-refractivity contribution < 1.29 is 0 Å². The molecule has 1 heteroatoms. The first-order valence-corrected chi connectivity index (χ1v) is 6.96. The first-order valence-electron chi connectivity index (χ1n) is 6.96. The normalized spacial score (nSPS) is 11.0. The lowest BCUT2D eigenvalue weighted by Crippen LogP contribution is -2.24. The van der Waals surface area contributed by atoms with Crippen molar-refractivity contribution in [2.75, 3.05) is 14.1 Å². The van der Waals surface area contributed by atoms with Crippen LogP contribution in [0.1, 0.15) is 16.7 Å². The fraction of sp³-hybridized carbons (Fsp3) is 0.200. The molecule has 0 fully saturated rings. The molecular weight excluding hydrogens is 254 g/mol. The van der Waals surface area contributed by atoms with E-state index < -0.39 is 0 Å². The van der Waals surface area contributed by atoms with Crippen LogP contribution in [0.15, 0.2) is 54.6 Å². The van der Waals surface area contributed by atoms with Crippen LogP contribution >= 0.6 is 0 Å². The van der Waals surface area contributed by atoms with Crippen molar-refractivity contribution in [3.63, 3.8) is 0 Å². The largest absolute Gasteiger partial charge is 0.286 e. The lowest BCUT2D eigenvalue weighted by Gasteiger charge is -2.12. The van der Waals surface area contributed by atoms with E-state index in [4.69, 9.17) is 0 Å². The lowest BCUT2D eigenvalue weighted by molar-refractivity contribution is 0.409. The molecule has 0 saturated heterocycles. The predicted octanol–water partition coefficient (Wildman–Crippen LogP) is 3.33. The van der Waals surface area contributed by atoms with E-state index in [1.54, 1.807) is 0 Å². The van der Waals surface area contributed by atoms with Crippen LogP contribution in [0.2, 0.25) is 0 Å². The molecule has 1 atom stereocenters. The van der Waals surface area contributed by atoms with Crippen LogP contribution in [0, 0.1) is 30.6 Å². The molecule has 0 spiro atoms. The summed E-state index contributed by atoms with van der Waals surface area (Å²) in [7, 11) is 3.99. The molecule has 1 unspecified atom stereocenters. The van der Waals surface area contributed by atoms with Crippen LogP contribution in [0.5, 0.6) is 0 Å². The molecule has 104 valence electrons. The molecule has 0 aliphatic rings. The molecular formula is C20H19N. The Labute approximate surface area is 127 Å². The van der Waals surface area contributed by atoms with Gasteiger partial charge in [0.2, 0.25) is 0 Å². The van der Waals surface area contributed by atoms with E-state index in [1.165, 1.54) is 5.56 Å². The van der Waals surface area contributed by atoms with Gasteiger partial charge in [-0.25, -0.2) is 0 Å². The molecule has 2 aromatic carbocycles. The maximum atomic E-state index is 3.24. The van der Waals surface area contributed by atoms with Crippen LogP contribution in [0.4, 0.5) is 0 Å². The van der Waals surface area contributed by atoms with Crippen molar-refractivity contribution in [3.05, 3.63) is 71.3 Å². The van der Waals surface area contributed by atoms with Crippen molar-refractivity contribution in [1.29, 1.82) is 0 Å². The van der Waals surface area contributed by atoms with Crippen molar-refractivity contribution in [1.82, 2.24) is 4.90 Å². The third-order valence-corrected chi connectivity index (χ3v) is 3.01. The predicted molar refractivity (Wildman–Crippen MR) is 88.9 cm³/mol. The second kappa shape index (κ2) is 7.34. The molecule has 0 heterocycles. The van der Waals surface area contributed by atoms with Gasteiger partial charge in [0.05, 0.1) is 0 Å². The highest BCUT2D eigenvalue weighted by molar-refractivity contribution is 5.41. The van der Waals surface area contributed by atoms with Gasteiger partial charge in [0.15, 0.2) is 0 Å². The number of rotatable bonds is 1. The summed E-state index contributed by atoms with van der Waals surface area (Å²) in [5.74, 6) is 12.8. The van der Waals surface area contributed by atoms with Gasteiger partial charge in [-0.3, -0.25) is 4.90 Å². The smallest absolute Gasteiger partial charge is 0.134 e. The van der Waals surface area contributed by atoms with E-state index in [9.17, 15) is 0 Å². The molecule has 1 nitrogen and oxygen atoms in total. The Morgan fingerprint density at radius 3 is 2.05 bits per heavy atom. The third kappa shape index (κ3) is 4.84. The quantitative estimate of drug-likeness (QED) is 0.720. The number of benzene rings is 2. The highest BCUT2D eigenvalue weighted by atomic mass is 15.1. The Morgan fingerprint density at radius 1 is 0.810 bits per heavy atom. The topological polar surface area (TPSA) is 3.24 Å². The van der Waals surface area contributed by atoms with Gasteiger partial charge < -0.3 is 0 Å². The van der Waals surface area contributed by atoms with Crippen LogP contribution in [0.3, 0.4) is 0 Å². The molecule has 0 amide bonds. The van der Waals surface area contributed by atoms with Gasteiger partial charge in [0.25, 0.3) is 0 Å². The van der Waals surface area contributed by atoms with E-state index >= 15 is 0 Å². The fourth-order valence-corrected chi connectivity index (χ4v) is 1.84. The van der Waals surface area contributed by atoms with Crippen molar-refractivity contribution in [3.8, 4) is 23.7 Å². The number of hydrogen-bond donors (Lipinski definition) is 0. The zero-order valence-corrected chi connectivity index (χ0v) is 12.7. The molecule has 0 aliphatic heterocycles. The third-order valence-electron chi connectivity index (χ3n) is 3.01. The second-order valence-corrected chi connectivity index (χ2v) is 5.14. The summed E-state index contributed by atoms with van der Waals surface area (Å²) in [6.07, 6.45) is 0. The highest BCUT2D eigenvalue weighted by Crippen LogP contribution is 2.02. The molecule has 0 bridgehead atoms. The summed E-state index contributed by atoms with van der Waals surface area (Å²) in [4.78, 5) is 2.03. The minimum Gasteiger partial charge on any atom is -0.286 e. The van der Waals surface area contributed by atoms with Crippen molar-refractivity contribution >= 4 is 0 Å². The van der Waals surface area contributed by atoms with Crippen LogP contribution in [0.25, 0.3) is 0 Å². The Balaban J connectivity index is 2.20. The first-order chi connectivity index (χ1) is 10.1. The zero-order valence-electron chi connectivity index (χ0n) is 12.7. The Hall–Kier alpha value is -2.48. The van der Waals surface area contributed by atoms with Crippen molar-refractivity contribution in [2.45, 2.75) is 13.0 Å². The van der Waals surface area contributed by atoms with Crippen molar-refractivity contribution in [2.24, 2.45) is 0 Å². The molecule has 0 N–H and O–H groups in total. The van der Waals surface area contributed by atoms with Crippen LogP contribution < -0.4 is 0 Å². The van der Waals surface area contributed by atoms with Crippen LogP contribution in [-0.4, -0.2) is 25.0 Å². The van der Waals surface area contributed by atoms with E-state index in [-0.39, 0.29) is 6.04 Å².